The number of ketones is 1. The maximum Gasteiger partial charge on any atom is 0.339 e. The Morgan fingerprint density at radius 2 is 1.91 bits per heavy atom. The second kappa shape index (κ2) is 11.1. The molecule has 0 aromatic carbocycles. The molecule has 2 aromatic rings. The van der Waals surface area contributed by atoms with Gasteiger partial charge in [0, 0.05) is 46.9 Å². The summed E-state index contributed by atoms with van der Waals surface area (Å²) >= 11 is 1.72. The number of aryl methyl sites for hydroxylation is 2. The first-order valence-corrected chi connectivity index (χ1v) is 12.1. The summed E-state index contributed by atoms with van der Waals surface area (Å²) in [7, 11) is 3.08. The molecule has 1 N–H and O–H groups in total. The highest BCUT2D eigenvalue weighted by Crippen LogP contribution is 2.34. The Labute approximate surface area is 194 Å². The van der Waals surface area contributed by atoms with Crippen molar-refractivity contribution in [2.75, 3.05) is 20.8 Å². The molecule has 0 amide bonds. The van der Waals surface area contributed by atoms with Crippen LogP contribution in [0.4, 0.5) is 0 Å². The Kier molecular flexibility index (Phi) is 8.43. The number of nitrogens with one attached hydrogen (secondary N) is 1. The first kappa shape index (κ1) is 24.4. The van der Waals surface area contributed by atoms with Gasteiger partial charge in [0.25, 0.3) is 0 Å². The predicted molar refractivity (Wildman–Crippen MR) is 127 cm³/mol. The van der Waals surface area contributed by atoms with E-state index in [4.69, 9.17) is 9.47 Å². The van der Waals surface area contributed by atoms with Gasteiger partial charge >= 0.3 is 5.97 Å². The summed E-state index contributed by atoms with van der Waals surface area (Å²) in [6.07, 6.45) is 4.96. The Hall–Kier alpha value is -2.25. The van der Waals surface area contributed by atoms with Crippen LogP contribution in [-0.4, -0.2) is 37.5 Å². The lowest BCUT2D eigenvalue weighted by atomic mass is 9.85. The Bertz CT molecular complexity index is 973. The number of carbonyl (C=O) groups is 2. The molecule has 0 atom stereocenters. The van der Waals surface area contributed by atoms with Crippen LogP contribution in [0.25, 0.3) is 0 Å². The van der Waals surface area contributed by atoms with E-state index >= 15 is 0 Å². The maximum absolute atomic E-state index is 12.5. The molecule has 0 saturated heterocycles. The van der Waals surface area contributed by atoms with Gasteiger partial charge in [0.2, 0.25) is 5.88 Å². The normalized spacial score (nSPS) is 14.6. The van der Waals surface area contributed by atoms with E-state index in [9.17, 15) is 9.59 Å². The molecular weight excluding hydrogens is 424 g/mol. The predicted octanol–water partition coefficient (Wildman–Crippen LogP) is 4.50. The zero-order chi connectivity index (χ0) is 23.3. The molecule has 2 heterocycles. The largest absolute Gasteiger partial charge is 0.481 e. The third-order valence-corrected chi connectivity index (χ3v) is 7.68. The summed E-state index contributed by atoms with van der Waals surface area (Å²) in [4.78, 5) is 30.9. The molecule has 0 bridgehead atoms. The monoisotopic (exact) mass is 458 g/mol. The lowest BCUT2D eigenvalue weighted by molar-refractivity contribution is -0.121. The van der Waals surface area contributed by atoms with E-state index in [0.717, 1.165) is 59.5 Å². The van der Waals surface area contributed by atoms with Gasteiger partial charge in [-0.3, -0.25) is 4.79 Å². The van der Waals surface area contributed by atoms with Gasteiger partial charge in [0.05, 0.1) is 19.8 Å². The maximum atomic E-state index is 12.5. The van der Waals surface area contributed by atoms with Crippen LogP contribution in [-0.2, 0) is 28.9 Å². The van der Waals surface area contributed by atoms with Crippen LogP contribution in [0.2, 0.25) is 0 Å². The number of carbonyl (C=O) groups excluding carboxylic acids is 2. The fraction of sp³-hybridized carbons (Fsp3) is 0.560. The van der Waals surface area contributed by atoms with Crippen molar-refractivity contribution < 1.29 is 19.1 Å². The fourth-order valence-electron chi connectivity index (χ4n) is 4.46. The van der Waals surface area contributed by atoms with Crippen molar-refractivity contribution in [1.82, 2.24) is 10.3 Å². The van der Waals surface area contributed by atoms with Crippen molar-refractivity contribution in [3.63, 3.8) is 0 Å². The van der Waals surface area contributed by atoms with Gasteiger partial charge in [-0.25, -0.2) is 9.78 Å². The topological polar surface area (TPSA) is 77.5 Å². The summed E-state index contributed by atoms with van der Waals surface area (Å²) in [6.45, 7) is 7.44. The molecule has 6 nitrogen and oxygen atoms in total. The zero-order valence-corrected chi connectivity index (χ0v) is 20.6. The van der Waals surface area contributed by atoms with Crippen LogP contribution >= 0.6 is 11.3 Å². The molecular formula is C25H34N2O4S. The Morgan fingerprint density at radius 3 is 2.56 bits per heavy atom. The smallest absolute Gasteiger partial charge is 0.339 e. The average Bonchev–Trinajstić information content (AvgIpc) is 3.07. The quantitative estimate of drug-likeness (QED) is 0.440. The number of ether oxygens (including phenoxy) is 2. The standard InChI is InChI=1S/C25H34N2O4S/c1-15-12-16(2)27-24(30-4)20(15)14-26-11-10-21-23(25(29)31-5)17(3)22(32-21)13-18-6-8-19(28)9-7-18/h12,18,26H,6-11,13-14H2,1-5H3. The summed E-state index contributed by atoms with van der Waals surface area (Å²) in [5.41, 5.74) is 4.90. The van der Waals surface area contributed by atoms with E-state index in [2.05, 4.69) is 23.3 Å². The third kappa shape index (κ3) is 5.75. The minimum absolute atomic E-state index is 0.265. The van der Waals surface area contributed by atoms with Gasteiger partial charge in [-0.1, -0.05) is 0 Å². The van der Waals surface area contributed by atoms with Gasteiger partial charge in [0.15, 0.2) is 0 Å². The molecule has 1 fully saturated rings. The summed E-state index contributed by atoms with van der Waals surface area (Å²) < 4.78 is 10.5. The number of pyridine rings is 1. The Morgan fingerprint density at radius 1 is 1.19 bits per heavy atom. The number of esters is 1. The minimum atomic E-state index is -0.265. The number of methoxy groups -OCH3 is 2. The molecule has 174 valence electrons. The second-order valence-electron chi connectivity index (χ2n) is 8.62. The van der Waals surface area contributed by atoms with Crippen LogP contribution in [0, 0.1) is 26.7 Å². The fourth-order valence-corrected chi connectivity index (χ4v) is 5.87. The molecule has 0 radical (unpaired) electrons. The second-order valence-corrected chi connectivity index (χ2v) is 9.81. The number of hydrogen-bond acceptors (Lipinski definition) is 7. The van der Waals surface area contributed by atoms with E-state index in [1.165, 1.54) is 12.0 Å². The SMILES string of the molecule is COC(=O)c1c(CCNCc2c(C)cc(C)nc2OC)sc(CC2CCC(=O)CC2)c1C. The molecule has 0 spiro atoms. The van der Waals surface area contributed by atoms with E-state index in [1.807, 2.05) is 13.8 Å². The Balaban J connectivity index is 1.68. The third-order valence-electron chi connectivity index (χ3n) is 6.31. The van der Waals surface area contributed by atoms with Crippen LogP contribution in [0.3, 0.4) is 0 Å². The average molecular weight is 459 g/mol. The van der Waals surface area contributed by atoms with E-state index in [1.54, 1.807) is 18.4 Å². The van der Waals surface area contributed by atoms with Gasteiger partial charge in [-0.15, -0.1) is 11.3 Å². The lowest BCUT2D eigenvalue weighted by Gasteiger charge is -2.20. The summed E-state index contributed by atoms with van der Waals surface area (Å²) in [6, 6.07) is 2.06. The highest BCUT2D eigenvalue weighted by molar-refractivity contribution is 7.12. The van der Waals surface area contributed by atoms with Gasteiger partial charge in [-0.05, 0) is 69.6 Å². The number of nitrogens with zero attached hydrogens (tertiary/aromatic N) is 1. The van der Waals surface area contributed by atoms with Crippen LogP contribution in [0.1, 0.15) is 68.2 Å². The number of rotatable bonds is 9. The number of hydrogen-bond donors (Lipinski definition) is 1. The summed E-state index contributed by atoms with van der Waals surface area (Å²) in [5, 5.41) is 3.48. The molecule has 32 heavy (non-hydrogen) atoms. The molecule has 7 heteroatoms. The van der Waals surface area contributed by atoms with Gasteiger partial charge < -0.3 is 14.8 Å². The zero-order valence-electron chi connectivity index (χ0n) is 19.8. The number of Topliss-reactive ketones (excluding diaryl/α,β-unsaturated/α-hetero) is 1. The van der Waals surface area contributed by atoms with Crippen molar-refractivity contribution in [3.05, 3.63) is 43.8 Å². The lowest BCUT2D eigenvalue weighted by Crippen LogP contribution is -2.19. The van der Waals surface area contributed by atoms with Crippen molar-refractivity contribution in [1.29, 1.82) is 0 Å². The highest BCUT2D eigenvalue weighted by Gasteiger charge is 2.25. The molecule has 0 unspecified atom stereocenters. The summed E-state index contributed by atoms with van der Waals surface area (Å²) in [5.74, 6) is 1.29. The first-order chi connectivity index (χ1) is 15.3. The van der Waals surface area contributed by atoms with Crippen molar-refractivity contribution in [3.8, 4) is 5.88 Å². The highest BCUT2D eigenvalue weighted by atomic mass is 32.1. The minimum Gasteiger partial charge on any atom is -0.481 e. The van der Waals surface area contributed by atoms with Crippen molar-refractivity contribution >= 4 is 23.1 Å². The van der Waals surface area contributed by atoms with Crippen molar-refractivity contribution in [2.45, 2.75) is 65.8 Å². The number of thiophene rings is 1. The molecule has 1 saturated carbocycles. The van der Waals surface area contributed by atoms with E-state index in [0.29, 0.717) is 42.5 Å². The van der Waals surface area contributed by atoms with Gasteiger partial charge in [-0.2, -0.15) is 0 Å². The first-order valence-electron chi connectivity index (χ1n) is 11.3. The molecule has 3 rings (SSSR count). The molecule has 2 aromatic heterocycles. The van der Waals surface area contributed by atoms with Crippen LogP contribution in [0.15, 0.2) is 6.07 Å². The molecule has 0 aliphatic heterocycles. The van der Waals surface area contributed by atoms with Crippen LogP contribution in [0.5, 0.6) is 5.88 Å². The van der Waals surface area contributed by atoms with E-state index in [-0.39, 0.29) is 5.97 Å². The van der Waals surface area contributed by atoms with E-state index < -0.39 is 0 Å². The van der Waals surface area contributed by atoms with Crippen molar-refractivity contribution in [2.24, 2.45) is 5.92 Å². The van der Waals surface area contributed by atoms with Gasteiger partial charge in [0.1, 0.15) is 5.78 Å². The molecule has 1 aliphatic rings. The van der Waals surface area contributed by atoms with Crippen LogP contribution < -0.4 is 10.1 Å². The molecule has 1 aliphatic carbocycles. The number of aromatic nitrogens is 1.